The number of sulfonamides is 1. The van der Waals surface area contributed by atoms with E-state index in [1.807, 2.05) is 12.3 Å². The number of likely N-dealkylation sites (tertiary alicyclic amines) is 1. The maximum absolute atomic E-state index is 12.4. The van der Waals surface area contributed by atoms with Crippen molar-refractivity contribution in [3.05, 3.63) is 45.8 Å². The Labute approximate surface area is 223 Å². The Hall–Kier alpha value is -2.24. The lowest BCUT2D eigenvalue weighted by atomic mass is 9.88. The van der Waals surface area contributed by atoms with Crippen molar-refractivity contribution < 1.29 is 13.2 Å². The fourth-order valence-corrected chi connectivity index (χ4v) is 8.02. The zero-order valence-corrected chi connectivity index (χ0v) is 23.5. The molecule has 0 aliphatic carbocycles. The van der Waals surface area contributed by atoms with E-state index < -0.39 is 15.9 Å². The first-order valence-electron chi connectivity index (χ1n) is 13.1. The Kier molecular flexibility index (Phi) is 7.48. The Morgan fingerprint density at radius 1 is 1.14 bits per heavy atom. The number of fused-ring (bicyclic) bond motifs is 1. The van der Waals surface area contributed by atoms with E-state index in [1.165, 1.54) is 17.7 Å². The van der Waals surface area contributed by atoms with Crippen LogP contribution in [0.2, 0.25) is 0 Å². The fourth-order valence-electron chi connectivity index (χ4n) is 5.97. The summed E-state index contributed by atoms with van der Waals surface area (Å²) in [5.41, 5.74) is 10.3. The van der Waals surface area contributed by atoms with Gasteiger partial charge >= 0.3 is 0 Å². The van der Waals surface area contributed by atoms with Crippen LogP contribution in [0, 0.1) is 0 Å². The number of hydrogen-bond donors (Lipinski definition) is 2. The van der Waals surface area contributed by atoms with Gasteiger partial charge in [-0.2, -0.15) is 0 Å². The third-order valence-corrected chi connectivity index (χ3v) is 10.8. The number of primary amides is 1. The van der Waals surface area contributed by atoms with Crippen molar-refractivity contribution in [3.63, 3.8) is 0 Å². The summed E-state index contributed by atoms with van der Waals surface area (Å²) in [5, 5.41) is 3.17. The normalized spacial score (nSPS) is 20.4. The summed E-state index contributed by atoms with van der Waals surface area (Å²) in [6.07, 6.45) is 6.39. The lowest BCUT2D eigenvalue weighted by molar-refractivity contribution is 0.100. The highest BCUT2D eigenvalue weighted by Crippen LogP contribution is 2.38. The third-order valence-electron chi connectivity index (χ3n) is 8.01. The molecular formula is C27H37N5O3S2. The van der Waals surface area contributed by atoms with Crippen molar-refractivity contribution in [1.82, 2.24) is 19.1 Å². The zero-order chi connectivity index (χ0) is 26.3. The van der Waals surface area contributed by atoms with Gasteiger partial charge in [0.2, 0.25) is 10.0 Å². The molecular weight excluding hydrogens is 506 g/mol. The van der Waals surface area contributed by atoms with E-state index in [9.17, 15) is 13.2 Å². The van der Waals surface area contributed by atoms with Crippen LogP contribution in [0.15, 0.2) is 29.8 Å². The van der Waals surface area contributed by atoms with Gasteiger partial charge < -0.3 is 10.7 Å². The number of amides is 1. The van der Waals surface area contributed by atoms with Gasteiger partial charge in [0, 0.05) is 42.6 Å². The Morgan fingerprint density at radius 2 is 1.89 bits per heavy atom. The van der Waals surface area contributed by atoms with Gasteiger partial charge in [0.05, 0.1) is 23.0 Å². The van der Waals surface area contributed by atoms with E-state index in [0.717, 1.165) is 53.5 Å². The Morgan fingerprint density at radius 3 is 2.57 bits per heavy atom. The van der Waals surface area contributed by atoms with Crippen LogP contribution in [0.25, 0.3) is 22.0 Å². The molecule has 5 rings (SSSR count). The van der Waals surface area contributed by atoms with Gasteiger partial charge in [-0.15, -0.1) is 11.3 Å². The van der Waals surface area contributed by atoms with Crippen molar-refractivity contribution >= 4 is 38.2 Å². The van der Waals surface area contributed by atoms with Gasteiger partial charge in [-0.25, -0.2) is 12.7 Å². The van der Waals surface area contributed by atoms with Crippen LogP contribution in [0.1, 0.15) is 59.3 Å². The standard InChI is InChI=1S/C27H37N5O3S2/c1-4-37(34,35)32-10-7-18(8-11-32)24-15-29-26-22(24)13-19(14-23(26)27(28)33)20-12-21(36-17-20)16-31-9-5-6-25(31)30(2)3/h12-15,17-18,25,29H,4-11,16H2,1-3H3,(H2,28,33)/t25-/m0/s1. The first-order valence-corrected chi connectivity index (χ1v) is 15.6. The average molecular weight is 544 g/mol. The van der Waals surface area contributed by atoms with Crippen LogP contribution >= 0.6 is 11.3 Å². The second-order valence-corrected chi connectivity index (χ2v) is 13.7. The Bertz CT molecular complexity index is 1390. The number of rotatable bonds is 8. The van der Waals surface area contributed by atoms with E-state index in [-0.39, 0.29) is 11.7 Å². The molecule has 0 saturated carbocycles. The number of carbonyl (C=O) groups excluding carboxylic acids is 1. The summed E-state index contributed by atoms with van der Waals surface area (Å²) in [6.45, 7) is 4.77. The molecule has 1 atom stereocenters. The topological polar surface area (TPSA) is 103 Å². The van der Waals surface area contributed by atoms with Gasteiger partial charge in [0.15, 0.2) is 0 Å². The predicted octanol–water partition coefficient (Wildman–Crippen LogP) is 4.01. The van der Waals surface area contributed by atoms with Crippen LogP contribution in [0.3, 0.4) is 0 Å². The van der Waals surface area contributed by atoms with Crippen LogP contribution in [0.4, 0.5) is 0 Å². The molecule has 2 aliphatic heterocycles. The van der Waals surface area contributed by atoms with Gasteiger partial charge in [0.25, 0.3) is 5.91 Å². The number of aromatic nitrogens is 1. The minimum atomic E-state index is -3.17. The molecule has 4 heterocycles. The van der Waals surface area contributed by atoms with Crippen molar-refractivity contribution in [1.29, 1.82) is 0 Å². The van der Waals surface area contributed by atoms with Crippen LogP contribution in [-0.2, 0) is 16.6 Å². The summed E-state index contributed by atoms with van der Waals surface area (Å²) >= 11 is 1.76. The molecule has 200 valence electrons. The van der Waals surface area contributed by atoms with Crippen LogP contribution in [-0.4, -0.2) is 79.1 Å². The minimum absolute atomic E-state index is 0.131. The molecule has 0 spiro atoms. The minimum Gasteiger partial charge on any atom is -0.366 e. The molecule has 0 radical (unpaired) electrons. The lowest BCUT2D eigenvalue weighted by Gasteiger charge is -2.31. The molecule has 0 unspecified atom stereocenters. The number of nitrogens with two attached hydrogens (primary N) is 1. The van der Waals surface area contributed by atoms with Crippen molar-refractivity contribution in [3.8, 4) is 11.1 Å². The molecule has 3 aromatic rings. The highest BCUT2D eigenvalue weighted by atomic mass is 32.2. The second kappa shape index (κ2) is 10.5. The summed E-state index contributed by atoms with van der Waals surface area (Å²) in [5.74, 6) is -0.0959. The number of thiophene rings is 1. The molecule has 3 N–H and O–H groups in total. The predicted molar refractivity (Wildman–Crippen MR) is 150 cm³/mol. The molecule has 2 aromatic heterocycles. The molecule has 1 amide bonds. The molecule has 2 fully saturated rings. The van der Waals surface area contributed by atoms with Gasteiger partial charge in [-0.3, -0.25) is 14.6 Å². The van der Waals surface area contributed by atoms with Crippen molar-refractivity contribution in [2.24, 2.45) is 5.73 Å². The largest absolute Gasteiger partial charge is 0.366 e. The van der Waals surface area contributed by atoms with Crippen LogP contribution < -0.4 is 5.73 Å². The first-order chi connectivity index (χ1) is 17.7. The highest BCUT2D eigenvalue weighted by Gasteiger charge is 2.30. The van der Waals surface area contributed by atoms with Gasteiger partial charge in [-0.1, -0.05) is 0 Å². The molecule has 8 nitrogen and oxygen atoms in total. The number of piperidine rings is 1. The van der Waals surface area contributed by atoms with Gasteiger partial charge in [-0.05, 0) is 92.9 Å². The second-order valence-electron chi connectivity index (χ2n) is 10.5. The quantitative estimate of drug-likeness (QED) is 0.447. The number of nitrogens with one attached hydrogen (secondary N) is 1. The molecule has 0 bridgehead atoms. The van der Waals surface area contributed by atoms with E-state index >= 15 is 0 Å². The van der Waals surface area contributed by atoms with Crippen molar-refractivity contribution in [2.45, 2.75) is 51.2 Å². The lowest BCUT2D eigenvalue weighted by Crippen LogP contribution is -2.39. The first kappa shape index (κ1) is 26.4. The highest BCUT2D eigenvalue weighted by molar-refractivity contribution is 7.89. The maximum Gasteiger partial charge on any atom is 0.250 e. The summed E-state index contributed by atoms with van der Waals surface area (Å²) in [7, 11) is 1.11. The third kappa shape index (κ3) is 5.22. The number of hydrogen-bond acceptors (Lipinski definition) is 6. The van der Waals surface area contributed by atoms with Crippen LogP contribution in [0.5, 0.6) is 0 Å². The smallest absolute Gasteiger partial charge is 0.250 e. The average Bonchev–Trinajstić information content (AvgIpc) is 3.63. The molecule has 10 heteroatoms. The van der Waals surface area contributed by atoms with E-state index in [2.05, 4.69) is 46.4 Å². The van der Waals surface area contributed by atoms with E-state index in [4.69, 9.17) is 5.73 Å². The summed E-state index contributed by atoms with van der Waals surface area (Å²) < 4.78 is 26.2. The number of H-pyrrole nitrogens is 1. The molecule has 2 saturated heterocycles. The number of carbonyl (C=O) groups is 1. The SMILES string of the molecule is CCS(=O)(=O)N1CCC(c2c[nH]c3c(C(N)=O)cc(-c4csc(CN5CCC[C@H]5N(C)C)c4)cc23)CC1. The number of nitrogens with zero attached hydrogens (tertiary/aromatic N) is 3. The molecule has 37 heavy (non-hydrogen) atoms. The number of benzene rings is 1. The number of aromatic amines is 1. The Balaban J connectivity index is 1.43. The van der Waals surface area contributed by atoms with E-state index in [0.29, 0.717) is 24.8 Å². The van der Waals surface area contributed by atoms with E-state index in [1.54, 1.807) is 22.6 Å². The van der Waals surface area contributed by atoms with Crippen molar-refractivity contribution in [2.75, 3.05) is 39.5 Å². The zero-order valence-electron chi connectivity index (χ0n) is 21.9. The maximum atomic E-state index is 12.4. The molecule has 2 aliphatic rings. The molecule has 1 aromatic carbocycles. The summed E-state index contributed by atoms with van der Waals surface area (Å²) in [4.78, 5) is 21.9. The van der Waals surface area contributed by atoms with Gasteiger partial charge in [0.1, 0.15) is 0 Å². The monoisotopic (exact) mass is 543 g/mol. The fraction of sp³-hybridized carbons (Fsp3) is 0.519. The summed E-state index contributed by atoms with van der Waals surface area (Å²) in [6, 6.07) is 6.29.